The first-order valence-electron chi connectivity index (χ1n) is 9.19. The van der Waals surface area contributed by atoms with Crippen molar-refractivity contribution in [3.8, 4) is 0 Å². The van der Waals surface area contributed by atoms with Gasteiger partial charge in [-0.1, -0.05) is 6.07 Å². The van der Waals surface area contributed by atoms with Crippen molar-refractivity contribution in [1.82, 2.24) is 10.3 Å². The van der Waals surface area contributed by atoms with Gasteiger partial charge in [-0.2, -0.15) is 0 Å². The van der Waals surface area contributed by atoms with E-state index in [4.69, 9.17) is 0 Å². The monoisotopic (exact) mass is 329 g/mol. The van der Waals surface area contributed by atoms with Crippen LogP contribution in [-0.4, -0.2) is 35.7 Å². The summed E-state index contributed by atoms with van der Waals surface area (Å²) in [4.78, 5) is 16.0. The van der Waals surface area contributed by atoms with Crippen molar-refractivity contribution < 1.29 is 9.90 Å². The minimum absolute atomic E-state index is 0.111. The van der Waals surface area contributed by atoms with Gasteiger partial charge in [-0.15, -0.1) is 0 Å². The summed E-state index contributed by atoms with van der Waals surface area (Å²) in [7, 11) is 1.60. The molecule has 5 rings (SSSR count). The first-order chi connectivity index (χ1) is 11.6. The van der Waals surface area contributed by atoms with Gasteiger partial charge in [0.15, 0.2) is 0 Å². The fraction of sp³-hybridized carbons (Fsp3) is 0.684. The normalized spacial score (nSPS) is 34.8. The van der Waals surface area contributed by atoms with Gasteiger partial charge in [0.2, 0.25) is 0 Å². The lowest BCUT2D eigenvalue weighted by Gasteiger charge is -2.58. The Balaban J connectivity index is 1.42. The van der Waals surface area contributed by atoms with Crippen molar-refractivity contribution in [1.29, 1.82) is 0 Å². The number of anilines is 1. The second kappa shape index (κ2) is 6.03. The number of aromatic nitrogens is 1. The van der Waals surface area contributed by atoms with E-state index >= 15 is 0 Å². The van der Waals surface area contributed by atoms with Crippen molar-refractivity contribution in [2.24, 2.45) is 23.2 Å². The van der Waals surface area contributed by atoms with Crippen LogP contribution in [0, 0.1) is 23.2 Å². The summed E-state index contributed by atoms with van der Waals surface area (Å²) < 4.78 is 0. The van der Waals surface area contributed by atoms with Gasteiger partial charge < -0.3 is 15.7 Å². The van der Waals surface area contributed by atoms with E-state index in [2.05, 4.69) is 15.6 Å². The molecule has 3 N–H and O–H groups in total. The fourth-order valence-electron chi connectivity index (χ4n) is 5.79. The first kappa shape index (κ1) is 15.9. The number of nitrogens with zero attached hydrogens (tertiary/aromatic N) is 1. The number of rotatable bonds is 5. The number of aliphatic hydroxyl groups is 1. The van der Waals surface area contributed by atoms with Crippen LogP contribution in [0.4, 0.5) is 5.82 Å². The average molecular weight is 329 g/mol. The minimum Gasteiger partial charge on any atom is -0.391 e. The van der Waals surface area contributed by atoms with Crippen molar-refractivity contribution in [3.63, 3.8) is 0 Å². The number of carbonyl (C=O) groups excluding carboxylic acids is 1. The summed E-state index contributed by atoms with van der Waals surface area (Å²) in [6.45, 7) is 0.510. The predicted octanol–water partition coefficient (Wildman–Crippen LogP) is 2.43. The summed E-state index contributed by atoms with van der Waals surface area (Å²) in [6, 6.07) is 5.36. The van der Waals surface area contributed by atoms with E-state index in [1.807, 2.05) is 12.1 Å². The quantitative estimate of drug-likeness (QED) is 0.776. The van der Waals surface area contributed by atoms with Crippen LogP contribution in [0.25, 0.3) is 0 Å². The van der Waals surface area contributed by atoms with E-state index in [-0.39, 0.29) is 17.4 Å². The molecule has 1 aromatic heterocycles. The van der Waals surface area contributed by atoms with Crippen LogP contribution < -0.4 is 10.6 Å². The maximum Gasteiger partial charge on any atom is 0.269 e. The predicted molar refractivity (Wildman–Crippen MR) is 92.7 cm³/mol. The molecule has 5 nitrogen and oxygen atoms in total. The lowest BCUT2D eigenvalue weighted by atomic mass is 9.48. The second-order valence-corrected chi connectivity index (χ2v) is 8.16. The molecule has 4 aliphatic rings. The van der Waals surface area contributed by atoms with E-state index < -0.39 is 0 Å². The Labute approximate surface area is 143 Å². The molecule has 130 valence electrons. The van der Waals surface area contributed by atoms with Gasteiger partial charge in [-0.25, -0.2) is 4.98 Å². The zero-order valence-electron chi connectivity index (χ0n) is 14.3. The molecule has 0 radical (unpaired) electrons. The van der Waals surface area contributed by atoms with Crippen LogP contribution in [0.1, 0.15) is 49.0 Å². The fourth-order valence-corrected chi connectivity index (χ4v) is 5.79. The van der Waals surface area contributed by atoms with Crippen LogP contribution >= 0.6 is 0 Å². The van der Waals surface area contributed by atoms with Crippen LogP contribution in [0.5, 0.6) is 0 Å². The van der Waals surface area contributed by atoms with Gasteiger partial charge in [0, 0.05) is 13.6 Å². The Bertz CT molecular complexity index is 596. The molecule has 0 unspecified atom stereocenters. The van der Waals surface area contributed by atoms with Crippen LogP contribution in [0.2, 0.25) is 0 Å². The highest BCUT2D eigenvalue weighted by molar-refractivity contribution is 5.92. The lowest BCUT2D eigenvalue weighted by molar-refractivity contribution is -0.115. The number of hydrogen-bond donors (Lipinski definition) is 3. The summed E-state index contributed by atoms with van der Waals surface area (Å²) in [6.07, 6.45) is 7.38. The third kappa shape index (κ3) is 2.79. The van der Waals surface area contributed by atoms with Crippen LogP contribution in [-0.2, 0) is 0 Å². The number of nitrogens with one attached hydrogen (secondary N) is 2. The number of hydrogen-bond acceptors (Lipinski definition) is 4. The molecule has 24 heavy (non-hydrogen) atoms. The largest absolute Gasteiger partial charge is 0.391 e. The van der Waals surface area contributed by atoms with Crippen molar-refractivity contribution in [2.45, 2.75) is 44.6 Å². The maximum atomic E-state index is 11.7. The maximum absolute atomic E-state index is 11.7. The molecule has 0 spiro atoms. The molecule has 5 heteroatoms. The zero-order valence-corrected chi connectivity index (χ0v) is 14.3. The molecular formula is C19H27N3O2. The van der Waals surface area contributed by atoms with Gasteiger partial charge in [-0.05, 0) is 73.8 Å². The highest BCUT2D eigenvalue weighted by atomic mass is 16.3. The number of amides is 1. The molecular weight excluding hydrogens is 302 g/mol. The highest BCUT2D eigenvalue weighted by Gasteiger charge is 2.53. The lowest BCUT2D eigenvalue weighted by Crippen LogP contribution is -2.53. The van der Waals surface area contributed by atoms with Gasteiger partial charge in [0.25, 0.3) is 5.91 Å². The van der Waals surface area contributed by atoms with E-state index in [1.165, 1.54) is 38.5 Å². The van der Waals surface area contributed by atoms with E-state index in [0.717, 1.165) is 17.8 Å². The summed E-state index contributed by atoms with van der Waals surface area (Å²) in [5.41, 5.74) is 0.506. The Hall–Kier alpha value is -1.62. The number of carbonyl (C=O) groups is 1. The Morgan fingerprint density at radius 3 is 2.46 bits per heavy atom. The van der Waals surface area contributed by atoms with Crippen molar-refractivity contribution in [2.75, 3.05) is 18.9 Å². The topological polar surface area (TPSA) is 74.2 Å². The second-order valence-electron chi connectivity index (χ2n) is 8.16. The van der Waals surface area contributed by atoms with Crippen LogP contribution in [0.3, 0.4) is 0 Å². The van der Waals surface area contributed by atoms with E-state index in [9.17, 15) is 9.90 Å². The minimum atomic E-state index is -0.337. The molecule has 1 amide bonds. The van der Waals surface area contributed by atoms with Gasteiger partial charge in [0.05, 0.1) is 6.10 Å². The molecule has 0 aliphatic heterocycles. The molecule has 4 bridgehead atoms. The molecule has 0 saturated heterocycles. The average Bonchev–Trinajstić information content (AvgIpc) is 2.58. The highest BCUT2D eigenvalue weighted by Crippen LogP contribution is 2.61. The Kier molecular flexibility index (Phi) is 3.99. The molecule has 4 saturated carbocycles. The number of aliphatic hydroxyl groups excluding tert-OH is 1. The zero-order chi connectivity index (χ0) is 16.7. The summed E-state index contributed by atoms with van der Waals surface area (Å²) >= 11 is 0. The first-order valence-corrected chi connectivity index (χ1v) is 9.19. The smallest absolute Gasteiger partial charge is 0.269 e. The molecule has 1 aromatic rings. The van der Waals surface area contributed by atoms with Crippen molar-refractivity contribution in [3.05, 3.63) is 23.9 Å². The summed E-state index contributed by atoms with van der Waals surface area (Å²) in [5, 5.41) is 16.8. The molecule has 4 aliphatic carbocycles. The molecule has 1 atom stereocenters. The third-order valence-electron chi connectivity index (χ3n) is 6.48. The van der Waals surface area contributed by atoms with E-state index in [0.29, 0.717) is 18.1 Å². The standard InChI is InChI=1S/C19H27N3O2/c1-20-18(24)15-3-2-4-17(22-15)21-11-16(23)19-8-12-5-13(9-19)7-14(6-12)10-19/h2-4,12-14,16,23H,5-11H2,1H3,(H,20,24)(H,21,22)/t12?,13?,14?,16-,19?/m0/s1. The van der Waals surface area contributed by atoms with Gasteiger partial charge in [-0.3, -0.25) is 4.79 Å². The number of pyridine rings is 1. The van der Waals surface area contributed by atoms with Crippen LogP contribution in [0.15, 0.2) is 18.2 Å². The Morgan fingerprint density at radius 2 is 1.88 bits per heavy atom. The molecule has 0 aromatic carbocycles. The molecule has 4 fully saturated rings. The molecule has 1 heterocycles. The SMILES string of the molecule is CNC(=O)c1cccc(NC[C@H](O)C23CC4CC(CC(C4)C2)C3)n1. The van der Waals surface area contributed by atoms with Crippen molar-refractivity contribution >= 4 is 11.7 Å². The van der Waals surface area contributed by atoms with E-state index in [1.54, 1.807) is 13.1 Å². The van der Waals surface area contributed by atoms with Gasteiger partial charge >= 0.3 is 0 Å². The summed E-state index contributed by atoms with van der Waals surface area (Å²) in [5.74, 6) is 2.96. The Morgan fingerprint density at radius 1 is 1.25 bits per heavy atom. The van der Waals surface area contributed by atoms with Gasteiger partial charge in [0.1, 0.15) is 11.5 Å². The third-order valence-corrected chi connectivity index (χ3v) is 6.48.